The van der Waals surface area contributed by atoms with E-state index in [1.165, 1.54) is 6.92 Å². The molecule has 9 atom stereocenters. The zero-order valence-corrected chi connectivity index (χ0v) is 40.3. The summed E-state index contributed by atoms with van der Waals surface area (Å²) in [4.78, 5) is 124. The van der Waals surface area contributed by atoms with Crippen LogP contribution in [0.4, 0.5) is 0 Å². The summed E-state index contributed by atoms with van der Waals surface area (Å²) in [5, 5.41) is 34.2. The normalized spacial score (nSPS) is 24.2. The molecule has 9 amide bonds. The third kappa shape index (κ3) is 23.1. The summed E-state index contributed by atoms with van der Waals surface area (Å²) in [6.45, 7) is 8.22. The van der Waals surface area contributed by atoms with Crippen LogP contribution in [-0.4, -0.2) is 145 Å². The number of unbranched alkanes of at least 4 members (excludes halogenated alkanes) is 5. The molecule has 23 nitrogen and oxygen atoms in total. The summed E-state index contributed by atoms with van der Waals surface area (Å²) in [7, 11) is 0. The fraction of sp³-hybridized carbons (Fsp3) is 0.795. The van der Waals surface area contributed by atoms with Crippen LogP contribution in [0.25, 0.3) is 0 Å². The van der Waals surface area contributed by atoms with Gasteiger partial charge in [0.15, 0.2) is 0 Å². The highest BCUT2D eigenvalue weighted by Gasteiger charge is 2.36. The lowest BCUT2D eigenvalue weighted by Crippen LogP contribution is -2.61. The maximum absolute atomic E-state index is 14.2. The van der Waals surface area contributed by atoms with Crippen molar-refractivity contribution in [2.45, 2.75) is 185 Å². The van der Waals surface area contributed by atoms with Crippen LogP contribution < -0.4 is 70.8 Å². The van der Waals surface area contributed by atoms with Gasteiger partial charge in [0.2, 0.25) is 53.2 Å². The molecule has 0 spiro atoms. The molecular weight excluding hydrogens is 871 g/mol. The first kappa shape index (κ1) is 60.0. The Labute approximate surface area is 395 Å². The second-order valence-corrected chi connectivity index (χ2v) is 17.5. The SMILES string of the molecule is CCCCCCCC[C@H]1NC(=O)[C@H](CCN)NC(=O)[C@@H](NC(=O)C(CCN)NC(=O)CCC)CCNC(=O)[C@H]([C@@H](C)O)NC(=O)[C@H](CCN)NC(=O)[C@H](CCN)NC(=O)[C@H](CC(C)C)NC1=O. The molecule has 1 aliphatic heterocycles. The first-order valence-corrected chi connectivity index (χ1v) is 24.0. The lowest BCUT2D eigenvalue weighted by molar-refractivity contribution is -0.136. The second kappa shape index (κ2) is 33.5. The van der Waals surface area contributed by atoms with Gasteiger partial charge in [-0.15, -0.1) is 0 Å². The van der Waals surface area contributed by atoms with Crippen LogP contribution in [0.15, 0.2) is 0 Å². The average molecular weight is 954 g/mol. The van der Waals surface area contributed by atoms with Gasteiger partial charge in [0.05, 0.1) is 6.10 Å². The largest absolute Gasteiger partial charge is 0.391 e. The number of rotatable bonds is 23. The van der Waals surface area contributed by atoms with Gasteiger partial charge >= 0.3 is 0 Å². The number of aliphatic hydroxyl groups is 1. The van der Waals surface area contributed by atoms with Crippen molar-refractivity contribution in [1.82, 2.24) is 47.9 Å². The van der Waals surface area contributed by atoms with E-state index in [4.69, 9.17) is 22.9 Å². The van der Waals surface area contributed by atoms with Crippen LogP contribution >= 0.6 is 0 Å². The summed E-state index contributed by atoms with van der Waals surface area (Å²) >= 11 is 0. The van der Waals surface area contributed by atoms with Crippen LogP contribution in [0.5, 0.6) is 0 Å². The minimum atomic E-state index is -1.59. The van der Waals surface area contributed by atoms with E-state index in [0.29, 0.717) is 12.8 Å². The van der Waals surface area contributed by atoms with Crippen LogP contribution in [0.1, 0.15) is 131 Å². The van der Waals surface area contributed by atoms with E-state index in [-0.39, 0.29) is 90.0 Å². The number of hydrogen-bond acceptors (Lipinski definition) is 14. The topological polar surface area (TPSA) is 386 Å². The maximum atomic E-state index is 14.2. The van der Waals surface area contributed by atoms with Gasteiger partial charge in [0.25, 0.3) is 0 Å². The second-order valence-electron chi connectivity index (χ2n) is 17.5. The Morgan fingerprint density at radius 1 is 0.597 bits per heavy atom. The number of hydrogen-bond donors (Lipinski definition) is 14. The van der Waals surface area contributed by atoms with E-state index in [2.05, 4.69) is 54.8 Å². The summed E-state index contributed by atoms with van der Waals surface area (Å²) in [6, 6.07) is -10.5. The fourth-order valence-electron chi connectivity index (χ4n) is 7.35. The molecule has 0 radical (unpaired) electrons. The molecular formula is C44H83N13O10. The highest BCUT2D eigenvalue weighted by molar-refractivity contribution is 5.98. The molecule has 0 aromatic rings. The molecule has 1 unspecified atom stereocenters. The summed E-state index contributed by atoms with van der Waals surface area (Å²) in [5.41, 5.74) is 23.3. The Bertz CT molecular complexity index is 1590. The van der Waals surface area contributed by atoms with Crippen molar-refractivity contribution in [1.29, 1.82) is 0 Å². The molecule has 1 rings (SSSR count). The number of carbonyl (C=O) groups is 9. The lowest BCUT2D eigenvalue weighted by atomic mass is 10.00. The number of nitrogens with two attached hydrogens (primary N) is 4. The van der Waals surface area contributed by atoms with Crippen molar-refractivity contribution in [3.8, 4) is 0 Å². The van der Waals surface area contributed by atoms with Crippen LogP contribution in [0, 0.1) is 5.92 Å². The van der Waals surface area contributed by atoms with Gasteiger partial charge in [-0.1, -0.05) is 66.2 Å². The maximum Gasteiger partial charge on any atom is 0.245 e. The molecule has 0 aromatic heterocycles. The quantitative estimate of drug-likeness (QED) is 0.0448. The summed E-state index contributed by atoms with van der Waals surface area (Å²) in [5.74, 6) is -6.99. The van der Waals surface area contributed by atoms with Crippen molar-refractivity contribution in [3.05, 3.63) is 0 Å². The van der Waals surface area contributed by atoms with Crippen molar-refractivity contribution in [2.75, 3.05) is 32.7 Å². The van der Waals surface area contributed by atoms with Gasteiger partial charge in [-0.3, -0.25) is 43.2 Å². The molecule has 23 heteroatoms. The smallest absolute Gasteiger partial charge is 0.245 e. The van der Waals surface area contributed by atoms with E-state index in [0.717, 1.165) is 32.1 Å². The molecule has 384 valence electrons. The molecule has 0 saturated carbocycles. The van der Waals surface area contributed by atoms with E-state index in [1.807, 2.05) is 13.8 Å². The van der Waals surface area contributed by atoms with Gasteiger partial charge < -0.3 is 75.9 Å². The van der Waals surface area contributed by atoms with E-state index in [1.54, 1.807) is 6.92 Å². The Kier molecular flexibility index (Phi) is 30.0. The summed E-state index contributed by atoms with van der Waals surface area (Å²) in [6.07, 6.45) is 4.09. The predicted molar refractivity (Wildman–Crippen MR) is 252 cm³/mol. The van der Waals surface area contributed by atoms with Crippen LogP contribution in [0.3, 0.4) is 0 Å². The van der Waals surface area contributed by atoms with Crippen molar-refractivity contribution < 1.29 is 48.3 Å². The Balaban J connectivity index is 3.88. The van der Waals surface area contributed by atoms with Crippen LogP contribution in [-0.2, 0) is 43.2 Å². The number of aliphatic hydroxyl groups excluding tert-OH is 1. The van der Waals surface area contributed by atoms with E-state index < -0.39 is 108 Å². The first-order valence-electron chi connectivity index (χ1n) is 24.0. The number of carbonyl (C=O) groups excluding carboxylic acids is 9. The van der Waals surface area contributed by atoms with E-state index in [9.17, 15) is 48.3 Å². The minimum Gasteiger partial charge on any atom is -0.391 e. The molecule has 0 aliphatic carbocycles. The highest BCUT2D eigenvalue weighted by Crippen LogP contribution is 2.13. The first-order chi connectivity index (χ1) is 31.9. The third-order valence-corrected chi connectivity index (χ3v) is 11.1. The predicted octanol–water partition coefficient (Wildman–Crippen LogP) is -3.24. The Morgan fingerprint density at radius 3 is 1.54 bits per heavy atom. The molecule has 67 heavy (non-hydrogen) atoms. The van der Waals surface area contributed by atoms with Gasteiger partial charge in [-0.2, -0.15) is 0 Å². The van der Waals surface area contributed by atoms with E-state index >= 15 is 0 Å². The lowest BCUT2D eigenvalue weighted by Gasteiger charge is -2.28. The minimum absolute atomic E-state index is 0.00306. The molecule has 1 fully saturated rings. The highest BCUT2D eigenvalue weighted by atomic mass is 16.3. The zero-order valence-electron chi connectivity index (χ0n) is 40.3. The Hall–Kier alpha value is -4.97. The summed E-state index contributed by atoms with van der Waals surface area (Å²) < 4.78 is 0. The van der Waals surface area contributed by atoms with Gasteiger partial charge in [-0.25, -0.2) is 0 Å². The molecule has 1 saturated heterocycles. The van der Waals surface area contributed by atoms with Gasteiger partial charge in [0, 0.05) is 13.0 Å². The van der Waals surface area contributed by atoms with Crippen molar-refractivity contribution in [2.24, 2.45) is 28.9 Å². The standard InChI is InChI=1S/C44H83N13O10/c1-6-8-9-10-11-12-14-28-37(60)56-34(25-26(3)4)43(66)54-31(17-22-47)40(63)53-32(18-23-48)42(65)57-36(27(5)58)44(67)49-24-19-33(41(64)52-30(16-21-46)39(62)51-28)55-38(61)29(15-20-45)50-35(59)13-7-2/h26-34,36,58H,6-25,45-48H2,1-5H3,(H,49,67)(H,50,59)(H,51,62)(H,52,64)(H,53,63)(H,54,66)(H,55,61)(H,56,60)(H,57,65)/t27-,28-,29?,30+,31+,32+,33+,34+,36+/m1/s1. The molecule has 1 heterocycles. The van der Waals surface area contributed by atoms with Gasteiger partial charge in [0.1, 0.15) is 48.3 Å². The molecule has 0 bridgehead atoms. The third-order valence-electron chi connectivity index (χ3n) is 11.1. The van der Waals surface area contributed by atoms with Crippen molar-refractivity contribution in [3.63, 3.8) is 0 Å². The Morgan fingerprint density at radius 2 is 1.06 bits per heavy atom. The molecule has 1 aliphatic rings. The molecule has 18 N–H and O–H groups in total. The zero-order chi connectivity index (χ0) is 50.5. The van der Waals surface area contributed by atoms with Gasteiger partial charge in [-0.05, 0) is 90.4 Å². The van der Waals surface area contributed by atoms with Crippen molar-refractivity contribution >= 4 is 53.2 Å². The fourth-order valence-corrected chi connectivity index (χ4v) is 7.35. The number of nitrogens with one attached hydrogen (secondary N) is 9. The number of amides is 9. The average Bonchev–Trinajstić information content (AvgIpc) is 3.26. The van der Waals surface area contributed by atoms with Crippen LogP contribution in [0.2, 0.25) is 0 Å². The molecule has 0 aromatic carbocycles. The monoisotopic (exact) mass is 954 g/mol.